The van der Waals surface area contributed by atoms with Crippen LogP contribution in [-0.2, 0) is 13.1 Å². The Bertz CT molecular complexity index is 501. The van der Waals surface area contributed by atoms with Gasteiger partial charge in [-0.1, -0.05) is 0 Å². The first-order valence-corrected chi connectivity index (χ1v) is 5.22. The lowest BCUT2D eigenvalue weighted by atomic mass is 10.4. The number of nitrogens with one attached hydrogen (secondary N) is 2. The second-order valence-electron chi connectivity index (χ2n) is 3.43. The lowest BCUT2D eigenvalue weighted by Crippen LogP contribution is -2.17. The molecule has 2 N–H and O–H groups in total. The summed E-state index contributed by atoms with van der Waals surface area (Å²) in [6, 6.07) is 3.34. The van der Waals surface area contributed by atoms with Crippen LogP contribution in [0.5, 0.6) is 0 Å². The molecule has 84 valence electrons. The zero-order chi connectivity index (χ0) is 11.4. The number of aromatic nitrogens is 3. The molecule has 0 bridgehead atoms. The number of H-pyrrole nitrogens is 1. The van der Waals surface area contributed by atoms with Crippen molar-refractivity contribution in [2.24, 2.45) is 0 Å². The SMILES string of the molecule is CCn1cc(NCc2ncc[nH]2)ccc1=O. The summed E-state index contributed by atoms with van der Waals surface area (Å²) in [5, 5.41) is 3.20. The zero-order valence-corrected chi connectivity index (χ0v) is 9.10. The fourth-order valence-corrected chi connectivity index (χ4v) is 1.46. The van der Waals surface area contributed by atoms with Gasteiger partial charge in [-0.25, -0.2) is 4.98 Å². The predicted molar refractivity (Wildman–Crippen MR) is 62.3 cm³/mol. The fourth-order valence-electron chi connectivity index (χ4n) is 1.46. The third-order valence-electron chi connectivity index (χ3n) is 2.34. The topological polar surface area (TPSA) is 62.7 Å². The maximum Gasteiger partial charge on any atom is 0.250 e. The molecule has 0 atom stereocenters. The van der Waals surface area contributed by atoms with E-state index in [1.54, 1.807) is 29.1 Å². The molecule has 0 spiro atoms. The van der Waals surface area contributed by atoms with Crippen LogP contribution in [0.15, 0.2) is 35.5 Å². The highest BCUT2D eigenvalue weighted by atomic mass is 16.1. The molecule has 2 rings (SSSR count). The molecule has 0 saturated heterocycles. The normalized spacial score (nSPS) is 10.3. The van der Waals surface area contributed by atoms with E-state index in [2.05, 4.69) is 15.3 Å². The number of imidazole rings is 1. The minimum Gasteiger partial charge on any atom is -0.377 e. The minimum absolute atomic E-state index is 0.0195. The van der Waals surface area contributed by atoms with Crippen molar-refractivity contribution in [3.63, 3.8) is 0 Å². The lowest BCUT2D eigenvalue weighted by Gasteiger charge is -2.07. The molecule has 2 aromatic heterocycles. The molecular formula is C11H14N4O. The Morgan fingerprint density at radius 2 is 2.38 bits per heavy atom. The highest BCUT2D eigenvalue weighted by molar-refractivity contribution is 5.40. The number of pyridine rings is 1. The molecule has 5 heteroatoms. The van der Waals surface area contributed by atoms with Gasteiger partial charge in [-0.3, -0.25) is 4.79 Å². The monoisotopic (exact) mass is 218 g/mol. The van der Waals surface area contributed by atoms with Gasteiger partial charge in [0.25, 0.3) is 5.56 Å². The van der Waals surface area contributed by atoms with Crippen molar-refractivity contribution in [1.29, 1.82) is 0 Å². The van der Waals surface area contributed by atoms with Crippen molar-refractivity contribution in [2.45, 2.75) is 20.0 Å². The van der Waals surface area contributed by atoms with Crippen LogP contribution in [0, 0.1) is 0 Å². The number of hydrogen-bond acceptors (Lipinski definition) is 3. The molecule has 2 aromatic rings. The van der Waals surface area contributed by atoms with E-state index in [0.717, 1.165) is 11.5 Å². The number of nitrogens with zero attached hydrogens (tertiary/aromatic N) is 2. The van der Waals surface area contributed by atoms with Gasteiger partial charge in [0.05, 0.1) is 12.2 Å². The standard InChI is InChI=1S/C11H14N4O/c1-2-15-8-9(3-4-11(15)16)14-7-10-12-5-6-13-10/h3-6,8,14H,2,7H2,1H3,(H,12,13). The van der Waals surface area contributed by atoms with Gasteiger partial charge in [-0.05, 0) is 13.0 Å². The Labute approximate surface area is 93.2 Å². The summed E-state index contributed by atoms with van der Waals surface area (Å²) in [5.74, 6) is 0.870. The average molecular weight is 218 g/mol. The third kappa shape index (κ3) is 2.31. The van der Waals surface area contributed by atoms with Gasteiger partial charge in [0.15, 0.2) is 0 Å². The van der Waals surface area contributed by atoms with E-state index in [4.69, 9.17) is 0 Å². The van der Waals surface area contributed by atoms with E-state index in [0.29, 0.717) is 13.1 Å². The van der Waals surface area contributed by atoms with Crippen LogP contribution in [0.1, 0.15) is 12.7 Å². The summed E-state index contributed by atoms with van der Waals surface area (Å²) in [5.41, 5.74) is 0.934. The third-order valence-corrected chi connectivity index (χ3v) is 2.34. The fraction of sp³-hybridized carbons (Fsp3) is 0.273. The first kappa shape index (κ1) is 10.5. The molecule has 0 aliphatic rings. The number of hydrogen-bond donors (Lipinski definition) is 2. The van der Waals surface area contributed by atoms with Crippen LogP contribution >= 0.6 is 0 Å². The summed E-state index contributed by atoms with van der Waals surface area (Å²) < 4.78 is 1.66. The van der Waals surface area contributed by atoms with Crippen LogP contribution < -0.4 is 10.9 Å². The van der Waals surface area contributed by atoms with Crippen LogP contribution in [0.3, 0.4) is 0 Å². The summed E-state index contributed by atoms with van der Waals surface area (Å²) in [6.45, 7) is 3.24. The molecule has 2 heterocycles. The summed E-state index contributed by atoms with van der Waals surface area (Å²) in [4.78, 5) is 18.5. The van der Waals surface area contributed by atoms with Gasteiger partial charge >= 0.3 is 0 Å². The maximum absolute atomic E-state index is 11.4. The van der Waals surface area contributed by atoms with Crippen LogP contribution in [0.2, 0.25) is 0 Å². The predicted octanol–water partition coefficient (Wildman–Crippen LogP) is 1.20. The number of anilines is 1. The van der Waals surface area contributed by atoms with Gasteiger partial charge in [0, 0.05) is 31.2 Å². The highest BCUT2D eigenvalue weighted by Crippen LogP contribution is 2.04. The number of aryl methyl sites for hydroxylation is 1. The molecule has 0 aromatic carbocycles. The van der Waals surface area contributed by atoms with Crippen molar-refractivity contribution < 1.29 is 0 Å². The Balaban J connectivity index is 2.07. The maximum atomic E-state index is 11.4. The molecule has 16 heavy (non-hydrogen) atoms. The second-order valence-corrected chi connectivity index (χ2v) is 3.43. The Kier molecular flexibility index (Phi) is 3.05. The molecule has 0 aliphatic heterocycles. The molecule has 0 aliphatic carbocycles. The van der Waals surface area contributed by atoms with Crippen LogP contribution in [0.4, 0.5) is 5.69 Å². The zero-order valence-electron chi connectivity index (χ0n) is 9.10. The van der Waals surface area contributed by atoms with Crippen LogP contribution in [0.25, 0.3) is 0 Å². The first-order valence-electron chi connectivity index (χ1n) is 5.22. The average Bonchev–Trinajstić information content (AvgIpc) is 2.81. The molecule has 0 amide bonds. The molecule has 0 unspecified atom stereocenters. The van der Waals surface area contributed by atoms with Crippen molar-refractivity contribution in [2.75, 3.05) is 5.32 Å². The van der Waals surface area contributed by atoms with Gasteiger partial charge in [-0.2, -0.15) is 0 Å². The van der Waals surface area contributed by atoms with Crippen molar-refractivity contribution in [1.82, 2.24) is 14.5 Å². The van der Waals surface area contributed by atoms with E-state index in [9.17, 15) is 4.79 Å². The minimum atomic E-state index is 0.0195. The van der Waals surface area contributed by atoms with E-state index in [1.807, 2.05) is 13.1 Å². The lowest BCUT2D eigenvalue weighted by molar-refractivity contribution is 0.727. The molecule has 0 saturated carbocycles. The Morgan fingerprint density at radius 3 is 3.06 bits per heavy atom. The Morgan fingerprint density at radius 1 is 1.50 bits per heavy atom. The summed E-state index contributed by atoms with van der Waals surface area (Å²) in [6.07, 6.45) is 5.30. The second kappa shape index (κ2) is 4.65. The van der Waals surface area contributed by atoms with E-state index >= 15 is 0 Å². The van der Waals surface area contributed by atoms with Crippen molar-refractivity contribution >= 4 is 5.69 Å². The molecule has 0 radical (unpaired) electrons. The van der Waals surface area contributed by atoms with E-state index < -0.39 is 0 Å². The van der Waals surface area contributed by atoms with Crippen LogP contribution in [-0.4, -0.2) is 14.5 Å². The number of rotatable bonds is 4. The van der Waals surface area contributed by atoms with Crippen molar-refractivity contribution in [3.8, 4) is 0 Å². The molecule has 0 fully saturated rings. The van der Waals surface area contributed by atoms with E-state index in [1.165, 1.54) is 0 Å². The molecule has 5 nitrogen and oxygen atoms in total. The quantitative estimate of drug-likeness (QED) is 0.810. The number of aromatic amines is 1. The van der Waals surface area contributed by atoms with Gasteiger partial charge in [-0.15, -0.1) is 0 Å². The largest absolute Gasteiger partial charge is 0.377 e. The molecular weight excluding hydrogens is 204 g/mol. The smallest absolute Gasteiger partial charge is 0.250 e. The summed E-state index contributed by atoms with van der Waals surface area (Å²) >= 11 is 0. The van der Waals surface area contributed by atoms with E-state index in [-0.39, 0.29) is 5.56 Å². The Hall–Kier alpha value is -2.04. The van der Waals surface area contributed by atoms with Gasteiger partial charge < -0.3 is 14.9 Å². The highest BCUT2D eigenvalue weighted by Gasteiger charge is 1.98. The van der Waals surface area contributed by atoms with Gasteiger partial charge in [0.1, 0.15) is 5.82 Å². The van der Waals surface area contributed by atoms with Crippen molar-refractivity contribution in [3.05, 3.63) is 46.9 Å². The van der Waals surface area contributed by atoms with Gasteiger partial charge in [0.2, 0.25) is 0 Å². The first-order chi connectivity index (χ1) is 7.79. The summed E-state index contributed by atoms with van der Waals surface area (Å²) in [7, 11) is 0.